The van der Waals surface area contributed by atoms with E-state index in [4.69, 9.17) is 0 Å². The quantitative estimate of drug-likeness (QED) is 0.156. The molecule has 0 saturated heterocycles. The van der Waals surface area contributed by atoms with Gasteiger partial charge in [0.25, 0.3) is 0 Å². The Balaban J connectivity index is 0.000000213. The maximum absolute atomic E-state index is 4.43. The first-order valence-corrected chi connectivity index (χ1v) is 19.8. The number of nitrogens with zero attached hydrogens (tertiary/aromatic N) is 10. The predicted molar refractivity (Wildman–Crippen MR) is 239 cm³/mol. The molecule has 0 bridgehead atoms. The van der Waals surface area contributed by atoms with Crippen molar-refractivity contribution < 1.29 is 42.1 Å². The third-order valence-electron chi connectivity index (χ3n) is 9.11. The number of benzene rings is 4. The summed E-state index contributed by atoms with van der Waals surface area (Å²) >= 11 is 0. The van der Waals surface area contributed by atoms with Gasteiger partial charge in [0.1, 0.15) is 0 Å². The van der Waals surface area contributed by atoms with E-state index in [1.165, 1.54) is 22.7 Å². The summed E-state index contributed by atoms with van der Waals surface area (Å²) < 4.78 is 0. The van der Waals surface area contributed by atoms with Crippen LogP contribution in [0, 0.1) is 25.5 Å². The van der Waals surface area contributed by atoms with Crippen LogP contribution < -0.4 is 29.8 Å². The van der Waals surface area contributed by atoms with Crippen molar-refractivity contribution in [2.24, 2.45) is 0 Å². The monoisotopic (exact) mass is 1170 g/mol. The molecule has 0 atom stereocenters. The standard InChI is InChI=1S/2C14H12N2.2C10H18N3.2Pt/c2*1-15-11-16(12-7-3-2-4-8-12)14-10-6-5-9-13(14)15;2*1-9(2,3)7-11-8(13-12-7)10(4,5)6;;/h2*2-7,9-11H,1H3;2*1-6H3;;/q2*-2;2*-1;;. The van der Waals surface area contributed by atoms with Crippen molar-refractivity contribution in [1.82, 2.24) is 30.4 Å². The van der Waals surface area contributed by atoms with E-state index in [1.807, 2.05) is 36.4 Å². The number of hydrogen-bond donors (Lipinski definition) is 0. The second kappa shape index (κ2) is 20.5. The first-order chi connectivity index (χ1) is 27.1. The van der Waals surface area contributed by atoms with Gasteiger partial charge < -0.3 is 39.8 Å². The van der Waals surface area contributed by atoms with Gasteiger partial charge in [-0.2, -0.15) is 74.0 Å². The van der Waals surface area contributed by atoms with Gasteiger partial charge in [-0.1, -0.05) is 119 Å². The maximum atomic E-state index is 4.43. The predicted octanol–water partition coefficient (Wildman–Crippen LogP) is 10.4. The van der Waals surface area contributed by atoms with Gasteiger partial charge in [0.15, 0.2) is 0 Å². The molecule has 328 valence electrons. The minimum atomic E-state index is -0.00347. The molecule has 8 rings (SSSR count). The Morgan fingerprint density at radius 3 is 1.02 bits per heavy atom. The van der Waals surface area contributed by atoms with E-state index in [-0.39, 0.29) is 63.8 Å². The second-order valence-corrected chi connectivity index (χ2v) is 18.6. The van der Waals surface area contributed by atoms with Crippen LogP contribution in [0.2, 0.25) is 0 Å². The molecule has 0 spiro atoms. The summed E-state index contributed by atoms with van der Waals surface area (Å²) in [6, 6.07) is 39.2. The Bertz CT molecular complexity index is 1980. The molecule has 10 nitrogen and oxygen atoms in total. The number of aromatic nitrogens is 6. The normalized spacial score (nSPS) is 13.3. The molecule has 0 N–H and O–H groups in total. The Kier molecular flexibility index (Phi) is 17.1. The van der Waals surface area contributed by atoms with Crippen molar-refractivity contribution in [2.75, 3.05) is 33.7 Å². The summed E-state index contributed by atoms with van der Waals surface area (Å²) in [6.45, 7) is 29.3. The molecule has 4 heterocycles. The van der Waals surface area contributed by atoms with Crippen LogP contribution in [0.15, 0.2) is 97.1 Å². The van der Waals surface area contributed by atoms with Gasteiger partial charge in [0.05, 0.1) is 0 Å². The van der Waals surface area contributed by atoms with Gasteiger partial charge in [-0.15, -0.1) is 11.4 Å². The molecule has 6 aromatic rings. The fraction of sp³-hybridized carbons (Fsp3) is 0.375. The van der Waals surface area contributed by atoms with Crippen molar-refractivity contribution >= 4 is 34.1 Å². The molecule has 2 aliphatic heterocycles. The summed E-state index contributed by atoms with van der Waals surface area (Å²) in [5.41, 5.74) is 6.97. The second-order valence-electron chi connectivity index (χ2n) is 18.6. The number of para-hydroxylation sites is 6. The van der Waals surface area contributed by atoms with Gasteiger partial charge >= 0.3 is 0 Å². The van der Waals surface area contributed by atoms with E-state index in [0.717, 1.165) is 34.7 Å². The van der Waals surface area contributed by atoms with Crippen LogP contribution in [-0.4, -0.2) is 34.3 Å². The van der Waals surface area contributed by atoms with Crippen molar-refractivity contribution in [3.63, 3.8) is 0 Å². The Morgan fingerprint density at radius 1 is 0.450 bits per heavy atom. The van der Waals surface area contributed by atoms with Gasteiger partial charge in [-0.25, -0.2) is 0 Å². The average Bonchev–Trinajstić information content (AvgIpc) is 3.99. The summed E-state index contributed by atoms with van der Waals surface area (Å²) in [5.74, 6) is 3.32. The topological polar surface area (TPSA) is 92.7 Å². The molecule has 12 heteroatoms. The van der Waals surface area contributed by atoms with Crippen LogP contribution in [0.1, 0.15) is 106 Å². The summed E-state index contributed by atoms with van der Waals surface area (Å²) in [6.07, 6.45) is 0. The molecule has 0 aliphatic carbocycles. The molecule has 0 fully saturated rings. The Morgan fingerprint density at radius 2 is 0.767 bits per heavy atom. The molecular weight excluding hydrogens is 1110 g/mol. The van der Waals surface area contributed by atoms with Crippen molar-refractivity contribution in [3.05, 3.63) is 146 Å². The van der Waals surface area contributed by atoms with E-state index in [2.05, 4.69) is 233 Å². The molecule has 0 saturated carbocycles. The summed E-state index contributed by atoms with van der Waals surface area (Å²) in [5, 5.41) is 16.4. The van der Waals surface area contributed by atoms with Crippen LogP contribution in [-0.2, 0) is 63.8 Å². The Hall–Kier alpha value is -4.26. The molecule has 0 unspecified atom stereocenters. The molecular formula is C48H60N10Pt2-6. The van der Waals surface area contributed by atoms with Crippen LogP contribution in [0.5, 0.6) is 0 Å². The molecule has 0 radical (unpaired) electrons. The van der Waals surface area contributed by atoms with Crippen LogP contribution in [0.3, 0.4) is 0 Å². The first kappa shape index (κ1) is 50.1. The molecule has 4 aromatic carbocycles. The molecule has 2 aromatic heterocycles. The maximum Gasteiger partial charge on any atom is 0.0326 e. The fourth-order valence-corrected chi connectivity index (χ4v) is 5.73. The third-order valence-corrected chi connectivity index (χ3v) is 9.11. The van der Waals surface area contributed by atoms with E-state index in [9.17, 15) is 0 Å². The smallest absolute Gasteiger partial charge is 0.0326 e. The van der Waals surface area contributed by atoms with E-state index >= 15 is 0 Å². The van der Waals surface area contributed by atoms with Gasteiger partial charge in [0.2, 0.25) is 0 Å². The molecule has 2 aliphatic rings. The largest absolute Gasteiger partial charge is 0.504 e. The SMILES string of the molecule is CC(C)(C)c1n[n-]c(C(C)(C)C)n1.CC(C)(C)c1n[n-]c(C(C)(C)C)n1.CN1[CH-]N(c2[c-]cccc2)c2ccccc21.CN1[CH-]N(c2[c-]cccc2)c2ccccc21.[Pt].[Pt]. The van der Waals surface area contributed by atoms with E-state index in [1.54, 1.807) is 0 Å². The van der Waals surface area contributed by atoms with Crippen molar-refractivity contribution in [1.29, 1.82) is 0 Å². The average molecular weight is 1170 g/mol. The van der Waals surface area contributed by atoms with E-state index in [0.29, 0.717) is 0 Å². The van der Waals surface area contributed by atoms with Gasteiger partial charge in [-0.05, 0) is 49.2 Å². The van der Waals surface area contributed by atoms with Crippen LogP contribution >= 0.6 is 0 Å². The minimum Gasteiger partial charge on any atom is -0.504 e. The number of fused-ring (bicyclic) bond motifs is 2. The molecule has 60 heavy (non-hydrogen) atoms. The summed E-state index contributed by atoms with van der Waals surface area (Å²) in [7, 11) is 4.11. The zero-order valence-electron chi connectivity index (χ0n) is 37.5. The van der Waals surface area contributed by atoms with Gasteiger partial charge in [0, 0.05) is 87.4 Å². The number of hydrogen-bond acceptors (Lipinski definition) is 8. The Labute approximate surface area is 388 Å². The van der Waals surface area contributed by atoms with E-state index < -0.39 is 0 Å². The van der Waals surface area contributed by atoms with Gasteiger partial charge in [-0.3, -0.25) is 10.2 Å². The fourth-order valence-electron chi connectivity index (χ4n) is 5.73. The zero-order valence-corrected chi connectivity index (χ0v) is 42.0. The molecule has 0 amide bonds. The first-order valence-electron chi connectivity index (χ1n) is 19.8. The minimum absolute atomic E-state index is 0. The third kappa shape index (κ3) is 12.9. The van der Waals surface area contributed by atoms with Crippen LogP contribution in [0.25, 0.3) is 0 Å². The number of rotatable bonds is 2. The summed E-state index contributed by atoms with van der Waals surface area (Å²) in [4.78, 5) is 17.4. The van der Waals surface area contributed by atoms with Crippen molar-refractivity contribution in [2.45, 2.75) is 105 Å². The number of anilines is 6. The van der Waals surface area contributed by atoms with Crippen molar-refractivity contribution in [3.8, 4) is 0 Å². The zero-order chi connectivity index (χ0) is 42.5. The van der Waals surface area contributed by atoms with Crippen LogP contribution in [0.4, 0.5) is 34.1 Å².